The van der Waals surface area contributed by atoms with E-state index < -0.39 is 12.1 Å². The monoisotopic (exact) mass is 164 g/mol. The van der Waals surface area contributed by atoms with Gasteiger partial charge >= 0.3 is 29.6 Å². The summed E-state index contributed by atoms with van der Waals surface area (Å²) in [5, 5.41) is 10.3. The number of carboxylic acids is 1. The molecule has 0 aromatic rings. The summed E-state index contributed by atoms with van der Waals surface area (Å²) < 4.78 is 5.06. The van der Waals surface area contributed by atoms with Crippen molar-refractivity contribution in [3.63, 3.8) is 0 Å². The van der Waals surface area contributed by atoms with E-state index in [1.807, 2.05) is 0 Å². The first kappa shape index (κ1) is 9.52. The zero-order valence-electron chi connectivity index (χ0n) is 6.63. The maximum Gasteiger partial charge on any atom is 1.00 e. The van der Waals surface area contributed by atoms with E-state index in [2.05, 4.69) is 0 Å². The number of aliphatic carboxylic acids is 1. The molecule has 1 aliphatic carbocycles. The van der Waals surface area contributed by atoms with Crippen molar-refractivity contribution < 1.29 is 44.2 Å². The fourth-order valence-electron chi connectivity index (χ4n) is 1.82. The largest absolute Gasteiger partial charge is 1.00 e. The predicted molar refractivity (Wildman–Crippen MR) is 31.1 cm³/mol. The van der Waals surface area contributed by atoms with Crippen LogP contribution in [-0.2, 0) is 9.53 Å². The van der Waals surface area contributed by atoms with Gasteiger partial charge in [-0.05, 0) is 12.8 Å². The van der Waals surface area contributed by atoms with E-state index >= 15 is 0 Å². The maximum absolute atomic E-state index is 10.3. The van der Waals surface area contributed by atoms with Gasteiger partial charge in [0.05, 0.1) is 5.97 Å². The van der Waals surface area contributed by atoms with Crippen LogP contribution in [0.2, 0.25) is 0 Å². The average Bonchev–Trinajstić information content (AvgIpc) is 2.32. The SMILES string of the molecule is O=C([O-])C1OC12CCCC2.[Na+]. The van der Waals surface area contributed by atoms with E-state index in [1.165, 1.54) is 0 Å². The van der Waals surface area contributed by atoms with Gasteiger partial charge in [0.25, 0.3) is 0 Å². The Bertz CT molecular complexity index is 175. The Labute approximate surface area is 87.4 Å². The Morgan fingerprint density at radius 2 is 2.00 bits per heavy atom. The van der Waals surface area contributed by atoms with Gasteiger partial charge in [-0.3, -0.25) is 0 Å². The van der Waals surface area contributed by atoms with Crippen LogP contribution in [0.15, 0.2) is 0 Å². The first-order valence-corrected chi connectivity index (χ1v) is 3.63. The van der Waals surface area contributed by atoms with Gasteiger partial charge < -0.3 is 14.6 Å². The van der Waals surface area contributed by atoms with Gasteiger partial charge in [0.1, 0.15) is 11.7 Å². The molecule has 1 saturated heterocycles. The smallest absolute Gasteiger partial charge is 0.547 e. The molecule has 3 nitrogen and oxygen atoms in total. The molecule has 0 radical (unpaired) electrons. The molecule has 1 unspecified atom stereocenters. The van der Waals surface area contributed by atoms with Gasteiger partial charge in [-0.1, -0.05) is 12.8 Å². The number of rotatable bonds is 1. The zero-order chi connectivity index (χ0) is 7.19. The second-order valence-electron chi connectivity index (χ2n) is 3.09. The van der Waals surface area contributed by atoms with Crippen molar-refractivity contribution in [2.45, 2.75) is 37.4 Å². The zero-order valence-corrected chi connectivity index (χ0v) is 8.63. The normalized spacial score (nSPS) is 31.5. The molecule has 0 bridgehead atoms. The average molecular weight is 164 g/mol. The summed E-state index contributed by atoms with van der Waals surface area (Å²) >= 11 is 0. The van der Waals surface area contributed by atoms with E-state index in [9.17, 15) is 9.90 Å². The van der Waals surface area contributed by atoms with Crippen LogP contribution in [0.4, 0.5) is 0 Å². The third-order valence-electron chi connectivity index (χ3n) is 2.44. The summed E-state index contributed by atoms with van der Waals surface area (Å²) in [4.78, 5) is 10.3. The Kier molecular flexibility index (Phi) is 2.64. The molecular formula is C7H9NaO3. The molecule has 1 heterocycles. The van der Waals surface area contributed by atoms with Crippen molar-refractivity contribution in [1.29, 1.82) is 0 Å². The molecule has 0 amide bonds. The number of hydrogen-bond donors (Lipinski definition) is 0. The number of carboxylic acid groups (broad SMARTS) is 1. The summed E-state index contributed by atoms with van der Waals surface area (Å²) in [6.45, 7) is 0. The Morgan fingerprint density at radius 3 is 2.36 bits per heavy atom. The van der Waals surface area contributed by atoms with Crippen molar-refractivity contribution in [3.05, 3.63) is 0 Å². The van der Waals surface area contributed by atoms with Crippen LogP contribution < -0.4 is 34.7 Å². The van der Waals surface area contributed by atoms with Gasteiger partial charge in [-0.2, -0.15) is 0 Å². The van der Waals surface area contributed by atoms with Crippen molar-refractivity contribution in [2.24, 2.45) is 0 Å². The van der Waals surface area contributed by atoms with Crippen LogP contribution in [0, 0.1) is 0 Å². The maximum atomic E-state index is 10.3. The third kappa shape index (κ3) is 1.47. The number of carbonyl (C=O) groups is 1. The molecule has 1 spiro atoms. The summed E-state index contributed by atoms with van der Waals surface area (Å²) in [6, 6.07) is 0. The van der Waals surface area contributed by atoms with Crippen molar-refractivity contribution >= 4 is 5.97 Å². The minimum Gasteiger partial charge on any atom is -0.547 e. The molecule has 1 saturated carbocycles. The second-order valence-corrected chi connectivity index (χ2v) is 3.09. The standard InChI is InChI=1S/C7H10O3.Na/c8-6(9)5-7(10-5)3-1-2-4-7;/h5H,1-4H2,(H,8,9);/q;+1/p-1. The molecule has 2 fully saturated rings. The van der Waals surface area contributed by atoms with Gasteiger partial charge in [-0.25, -0.2) is 0 Å². The molecule has 1 atom stereocenters. The molecule has 4 heteroatoms. The predicted octanol–water partition coefficient (Wildman–Crippen LogP) is -3.55. The minimum absolute atomic E-state index is 0. The quantitative estimate of drug-likeness (QED) is 0.298. The summed E-state index contributed by atoms with van der Waals surface area (Å²) in [7, 11) is 0. The summed E-state index contributed by atoms with van der Waals surface area (Å²) in [5.74, 6) is -1.04. The van der Waals surface area contributed by atoms with E-state index in [-0.39, 0.29) is 35.2 Å². The molecule has 0 aromatic heterocycles. The number of ether oxygens (including phenoxy) is 1. The summed E-state index contributed by atoms with van der Waals surface area (Å²) in [5.41, 5.74) is -0.279. The van der Waals surface area contributed by atoms with Gasteiger partial charge in [0.2, 0.25) is 0 Å². The molecule has 11 heavy (non-hydrogen) atoms. The molecule has 0 aromatic carbocycles. The molecule has 2 aliphatic rings. The Balaban J connectivity index is 0.000000605. The minimum atomic E-state index is -1.04. The van der Waals surface area contributed by atoms with E-state index in [0.717, 1.165) is 25.7 Å². The van der Waals surface area contributed by atoms with Crippen LogP contribution in [0.5, 0.6) is 0 Å². The van der Waals surface area contributed by atoms with Crippen molar-refractivity contribution in [1.82, 2.24) is 0 Å². The molecule has 1 aliphatic heterocycles. The first-order valence-electron chi connectivity index (χ1n) is 3.63. The number of epoxide rings is 1. The Hall–Kier alpha value is 0.430. The van der Waals surface area contributed by atoms with Gasteiger partial charge in [0.15, 0.2) is 0 Å². The molecular weight excluding hydrogens is 155 g/mol. The molecule has 0 N–H and O–H groups in total. The van der Waals surface area contributed by atoms with Crippen molar-refractivity contribution in [2.75, 3.05) is 0 Å². The number of carbonyl (C=O) groups excluding carboxylic acids is 1. The fourth-order valence-corrected chi connectivity index (χ4v) is 1.82. The van der Waals surface area contributed by atoms with E-state index in [1.54, 1.807) is 0 Å². The fraction of sp³-hybridized carbons (Fsp3) is 0.857. The third-order valence-corrected chi connectivity index (χ3v) is 2.44. The Morgan fingerprint density at radius 1 is 1.45 bits per heavy atom. The van der Waals surface area contributed by atoms with Gasteiger partial charge in [0, 0.05) is 0 Å². The second kappa shape index (κ2) is 3.05. The summed E-state index contributed by atoms with van der Waals surface area (Å²) in [6.07, 6.45) is 3.43. The van der Waals surface area contributed by atoms with E-state index in [0.29, 0.717) is 0 Å². The van der Waals surface area contributed by atoms with Crippen LogP contribution in [-0.4, -0.2) is 17.7 Å². The van der Waals surface area contributed by atoms with Gasteiger partial charge in [-0.15, -0.1) is 0 Å². The number of hydrogen-bond acceptors (Lipinski definition) is 3. The van der Waals surface area contributed by atoms with Crippen LogP contribution >= 0.6 is 0 Å². The van der Waals surface area contributed by atoms with E-state index in [4.69, 9.17) is 4.74 Å². The van der Waals surface area contributed by atoms with Crippen LogP contribution in [0.1, 0.15) is 25.7 Å². The van der Waals surface area contributed by atoms with Crippen LogP contribution in [0.3, 0.4) is 0 Å². The molecule has 2 rings (SSSR count). The topological polar surface area (TPSA) is 52.7 Å². The molecule has 56 valence electrons. The van der Waals surface area contributed by atoms with Crippen LogP contribution in [0.25, 0.3) is 0 Å². The first-order chi connectivity index (χ1) is 4.75. The van der Waals surface area contributed by atoms with Crippen molar-refractivity contribution in [3.8, 4) is 0 Å².